The molecule has 0 radical (unpaired) electrons. The number of rotatable bonds is 5. The van der Waals surface area contributed by atoms with Crippen molar-refractivity contribution in [3.8, 4) is 0 Å². The van der Waals surface area contributed by atoms with Crippen molar-refractivity contribution in [1.29, 1.82) is 0 Å². The van der Waals surface area contributed by atoms with E-state index in [-0.39, 0.29) is 5.91 Å². The van der Waals surface area contributed by atoms with E-state index in [9.17, 15) is 4.79 Å². The van der Waals surface area contributed by atoms with Gasteiger partial charge < -0.3 is 15.1 Å². The van der Waals surface area contributed by atoms with Crippen LogP contribution in [0.3, 0.4) is 0 Å². The maximum absolute atomic E-state index is 12.4. The van der Waals surface area contributed by atoms with Gasteiger partial charge in [-0.2, -0.15) is 0 Å². The SMILES string of the molecule is CN=C(NCCC(=O)N1CCCCC1C)N(C)Cc1ccc(C)cc1. The molecule has 25 heavy (non-hydrogen) atoms. The second-order valence-electron chi connectivity index (χ2n) is 7.00. The molecule has 5 nitrogen and oxygen atoms in total. The number of amides is 1. The topological polar surface area (TPSA) is 47.9 Å². The van der Waals surface area contributed by atoms with Crippen molar-refractivity contribution in [1.82, 2.24) is 15.1 Å². The van der Waals surface area contributed by atoms with Crippen molar-refractivity contribution in [3.63, 3.8) is 0 Å². The van der Waals surface area contributed by atoms with E-state index in [0.717, 1.165) is 31.9 Å². The zero-order chi connectivity index (χ0) is 18.2. The highest BCUT2D eigenvalue weighted by molar-refractivity contribution is 5.81. The summed E-state index contributed by atoms with van der Waals surface area (Å²) >= 11 is 0. The highest BCUT2D eigenvalue weighted by Crippen LogP contribution is 2.17. The summed E-state index contributed by atoms with van der Waals surface area (Å²) in [7, 11) is 3.80. The number of hydrogen-bond donors (Lipinski definition) is 1. The Morgan fingerprint density at radius 3 is 2.68 bits per heavy atom. The normalized spacial score (nSPS) is 18.2. The van der Waals surface area contributed by atoms with Gasteiger partial charge >= 0.3 is 0 Å². The highest BCUT2D eigenvalue weighted by atomic mass is 16.2. The Morgan fingerprint density at radius 1 is 1.32 bits per heavy atom. The summed E-state index contributed by atoms with van der Waals surface area (Å²) in [5, 5.41) is 3.31. The van der Waals surface area contributed by atoms with Crippen molar-refractivity contribution in [2.75, 3.05) is 27.2 Å². The number of carbonyl (C=O) groups is 1. The van der Waals surface area contributed by atoms with E-state index in [4.69, 9.17) is 0 Å². The predicted molar refractivity (Wildman–Crippen MR) is 104 cm³/mol. The van der Waals surface area contributed by atoms with Crippen LogP contribution in [0.4, 0.5) is 0 Å². The summed E-state index contributed by atoms with van der Waals surface area (Å²) in [6.07, 6.45) is 4.01. The van der Waals surface area contributed by atoms with Crippen LogP contribution in [0.5, 0.6) is 0 Å². The molecule has 1 N–H and O–H groups in total. The largest absolute Gasteiger partial charge is 0.356 e. The summed E-state index contributed by atoms with van der Waals surface area (Å²) in [6.45, 7) is 6.55. The minimum atomic E-state index is 0.247. The third-order valence-electron chi connectivity index (χ3n) is 4.86. The monoisotopic (exact) mass is 344 g/mol. The van der Waals surface area contributed by atoms with Crippen molar-refractivity contribution in [2.24, 2.45) is 4.99 Å². The van der Waals surface area contributed by atoms with Crippen LogP contribution < -0.4 is 5.32 Å². The first kappa shape index (κ1) is 19.3. The average Bonchev–Trinajstić information content (AvgIpc) is 2.60. The van der Waals surface area contributed by atoms with Crippen LogP contribution in [0.1, 0.15) is 43.7 Å². The number of aliphatic imine (C=N–C) groups is 1. The van der Waals surface area contributed by atoms with Crippen molar-refractivity contribution >= 4 is 11.9 Å². The van der Waals surface area contributed by atoms with Crippen molar-refractivity contribution < 1.29 is 4.79 Å². The maximum atomic E-state index is 12.4. The number of aryl methyl sites for hydroxylation is 1. The number of hydrogen-bond acceptors (Lipinski definition) is 2. The number of guanidine groups is 1. The van der Waals surface area contributed by atoms with E-state index in [2.05, 4.69) is 53.3 Å². The van der Waals surface area contributed by atoms with E-state index in [1.54, 1.807) is 7.05 Å². The molecule has 1 aromatic rings. The van der Waals surface area contributed by atoms with Gasteiger partial charge in [-0.1, -0.05) is 29.8 Å². The van der Waals surface area contributed by atoms with E-state index >= 15 is 0 Å². The summed E-state index contributed by atoms with van der Waals surface area (Å²) in [5.41, 5.74) is 2.51. The molecular weight excluding hydrogens is 312 g/mol. The van der Waals surface area contributed by atoms with Crippen LogP contribution in [-0.4, -0.2) is 54.9 Å². The second-order valence-corrected chi connectivity index (χ2v) is 7.00. The molecular formula is C20H32N4O. The minimum Gasteiger partial charge on any atom is -0.356 e. The Morgan fingerprint density at radius 2 is 2.04 bits per heavy atom. The van der Waals surface area contributed by atoms with Gasteiger partial charge in [-0.15, -0.1) is 0 Å². The summed E-state index contributed by atoms with van der Waals surface area (Å²) in [4.78, 5) is 20.8. The molecule has 1 aromatic carbocycles. The van der Waals surface area contributed by atoms with Gasteiger partial charge in [0.05, 0.1) is 0 Å². The third-order valence-corrected chi connectivity index (χ3v) is 4.86. The average molecular weight is 345 g/mol. The van der Waals surface area contributed by atoms with E-state index in [1.807, 2.05) is 11.9 Å². The minimum absolute atomic E-state index is 0.247. The predicted octanol–water partition coefficient (Wildman–Crippen LogP) is 2.79. The molecule has 0 spiro atoms. The van der Waals surface area contributed by atoms with Gasteiger partial charge in [0, 0.05) is 46.2 Å². The lowest BCUT2D eigenvalue weighted by atomic mass is 10.0. The van der Waals surface area contributed by atoms with Gasteiger partial charge in [0.15, 0.2) is 5.96 Å². The molecule has 138 valence electrons. The molecule has 1 heterocycles. The number of nitrogens with zero attached hydrogens (tertiary/aromatic N) is 3. The Kier molecular flexibility index (Phi) is 7.29. The molecule has 0 saturated carbocycles. The van der Waals surface area contributed by atoms with Crippen LogP contribution in [0, 0.1) is 6.92 Å². The molecule has 1 aliphatic rings. The molecule has 0 aromatic heterocycles. The summed E-state index contributed by atoms with van der Waals surface area (Å²) in [6, 6.07) is 8.90. The Hall–Kier alpha value is -2.04. The first-order valence-electron chi connectivity index (χ1n) is 9.28. The third kappa shape index (κ3) is 5.76. The summed E-state index contributed by atoms with van der Waals surface area (Å²) < 4.78 is 0. The van der Waals surface area contributed by atoms with Crippen molar-refractivity contribution in [2.45, 2.75) is 52.1 Å². The first-order valence-corrected chi connectivity index (χ1v) is 9.28. The Labute approximate surface area is 152 Å². The molecule has 1 unspecified atom stereocenters. The number of benzene rings is 1. The van der Waals surface area contributed by atoms with Gasteiger partial charge in [-0.3, -0.25) is 9.79 Å². The molecule has 1 amide bonds. The zero-order valence-electron chi connectivity index (χ0n) is 16.1. The smallest absolute Gasteiger partial charge is 0.224 e. The van der Waals surface area contributed by atoms with E-state index in [0.29, 0.717) is 19.0 Å². The van der Waals surface area contributed by atoms with Crippen LogP contribution in [0.25, 0.3) is 0 Å². The number of carbonyl (C=O) groups excluding carboxylic acids is 1. The number of nitrogens with one attached hydrogen (secondary N) is 1. The molecule has 1 saturated heterocycles. The lowest BCUT2D eigenvalue weighted by molar-refractivity contribution is -0.134. The fourth-order valence-electron chi connectivity index (χ4n) is 3.32. The molecule has 5 heteroatoms. The summed E-state index contributed by atoms with van der Waals surface area (Å²) in [5.74, 6) is 1.07. The molecule has 1 fully saturated rings. The number of piperidine rings is 1. The molecule has 1 atom stereocenters. The Balaban J connectivity index is 1.79. The fourth-order valence-corrected chi connectivity index (χ4v) is 3.32. The second kappa shape index (κ2) is 9.44. The molecule has 1 aliphatic heterocycles. The standard InChI is InChI=1S/C20H32N4O/c1-16-8-10-18(11-9-16)15-23(4)20(21-3)22-13-12-19(25)24-14-6-5-7-17(24)2/h8-11,17H,5-7,12-15H2,1-4H3,(H,21,22). The quantitative estimate of drug-likeness (QED) is 0.660. The van der Waals surface area contributed by atoms with Crippen molar-refractivity contribution in [3.05, 3.63) is 35.4 Å². The Bertz CT molecular complexity index is 582. The lowest BCUT2D eigenvalue weighted by Crippen LogP contribution is -2.44. The molecule has 0 bridgehead atoms. The van der Waals surface area contributed by atoms with Gasteiger partial charge in [-0.05, 0) is 38.7 Å². The van der Waals surface area contributed by atoms with Crippen LogP contribution in [0.15, 0.2) is 29.3 Å². The van der Waals surface area contributed by atoms with E-state index < -0.39 is 0 Å². The van der Waals surface area contributed by atoms with Crippen LogP contribution in [-0.2, 0) is 11.3 Å². The maximum Gasteiger partial charge on any atom is 0.224 e. The lowest BCUT2D eigenvalue weighted by Gasteiger charge is -2.33. The number of likely N-dealkylation sites (tertiary alicyclic amines) is 1. The van der Waals surface area contributed by atoms with Gasteiger partial charge in [0.1, 0.15) is 0 Å². The van der Waals surface area contributed by atoms with Gasteiger partial charge in [-0.25, -0.2) is 0 Å². The molecule has 2 rings (SSSR count). The van der Waals surface area contributed by atoms with Crippen LogP contribution >= 0.6 is 0 Å². The zero-order valence-corrected chi connectivity index (χ0v) is 16.1. The first-order chi connectivity index (χ1) is 12.0. The van der Waals surface area contributed by atoms with E-state index in [1.165, 1.54) is 17.5 Å². The van der Waals surface area contributed by atoms with Gasteiger partial charge in [0.25, 0.3) is 0 Å². The highest BCUT2D eigenvalue weighted by Gasteiger charge is 2.22. The van der Waals surface area contributed by atoms with Gasteiger partial charge in [0.2, 0.25) is 5.91 Å². The molecule has 0 aliphatic carbocycles. The van der Waals surface area contributed by atoms with Crippen LogP contribution in [0.2, 0.25) is 0 Å². The fraction of sp³-hybridized carbons (Fsp3) is 0.600.